The number of aliphatic hydroxyl groups is 8. The molecule has 2 heterocycles. The molecule has 0 aliphatic carbocycles. The van der Waals surface area contributed by atoms with Gasteiger partial charge < -0.3 is 62.1 Å². The lowest BCUT2D eigenvalue weighted by molar-refractivity contribution is -0.123. The number of carbonyl (C=O) groups excluding carboxylic acids is 3. The van der Waals surface area contributed by atoms with E-state index in [1.165, 1.54) is 0 Å². The van der Waals surface area contributed by atoms with E-state index < -0.39 is 88.2 Å². The fraction of sp³-hybridized carbons (Fsp3) is 0.889. The lowest BCUT2D eigenvalue weighted by Gasteiger charge is -2.39. The second kappa shape index (κ2) is 18.8. The van der Waals surface area contributed by atoms with Gasteiger partial charge in [-0.1, -0.05) is 0 Å². The predicted molar refractivity (Wildman–Crippen MR) is 169 cm³/mol. The second-order valence-electron chi connectivity index (χ2n) is 12.3. The zero-order valence-corrected chi connectivity index (χ0v) is 27.5. The quantitative estimate of drug-likeness (QED) is 0.0776. The van der Waals surface area contributed by atoms with Crippen LogP contribution in [-0.2, 0) is 9.59 Å². The minimum atomic E-state index is -1.48. The maximum atomic E-state index is 12.6. The van der Waals surface area contributed by atoms with Crippen LogP contribution in [0.1, 0.15) is 33.6 Å². The number of rotatable bonds is 15. The molecule has 12 N–H and O–H groups in total. The van der Waals surface area contributed by atoms with E-state index in [4.69, 9.17) is 0 Å². The topological polar surface area (TPSA) is 264 Å². The van der Waals surface area contributed by atoms with Gasteiger partial charge in [0.1, 0.15) is 12.2 Å². The minimum Gasteiger partial charge on any atom is -0.395 e. The van der Waals surface area contributed by atoms with Crippen LogP contribution in [0.4, 0.5) is 4.79 Å². The van der Waals surface area contributed by atoms with Gasteiger partial charge in [-0.25, -0.2) is 4.79 Å². The molecule has 0 aromatic heterocycles. The van der Waals surface area contributed by atoms with Crippen molar-refractivity contribution >= 4 is 41.4 Å². The number of hydrogen-bond donors (Lipinski definition) is 12. The van der Waals surface area contributed by atoms with Crippen molar-refractivity contribution in [2.24, 2.45) is 0 Å². The predicted octanol–water partition coefficient (Wildman–Crippen LogP) is -4.48. The first-order valence-corrected chi connectivity index (χ1v) is 16.9. The van der Waals surface area contributed by atoms with Crippen LogP contribution < -0.4 is 21.3 Å². The van der Waals surface area contributed by atoms with E-state index >= 15 is 0 Å². The molecule has 0 unspecified atom stereocenters. The highest BCUT2D eigenvalue weighted by molar-refractivity contribution is 8.01. The van der Waals surface area contributed by atoms with E-state index in [0.717, 1.165) is 23.5 Å². The summed E-state index contributed by atoms with van der Waals surface area (Å²) in [7, 11) is 0. The van der Waals surface area contributed by atoms with Gasteiger partial charge in [-0.15, -0.1) is 23.5 Å². The van der Waals surface area contributed by atoms with Gasteiger partial charge in [0.05, 0.1) is 48.1 Å². The van der Waals surface area contributed by atoms with E-state index in [2.05, 4.69) is 21.3 Å². The van der Waals surface area contributed by atoms with E-state index in [1.54, 1.807) is 0 Å². The fourth-order valence-electron chi connectivity index (χ4n) is 4.96. The molecule has 262 valence electrons. The molecule has 45 heavy (non-hydrogen) atoms. The maximum absolute atomic E-state index is 12.6. The fourth-order valence-corrected chi connectivity index (χ4v) is 7.81. The summed E-state index contributed by atoms with van der Waals surface area (Å²) >= 11 is 2.08. The first-order valence-electron chi connectivity index (χ1n) is 15.0. The minimum absolute atomic E-state index is 0.148. The van der Waals surface area contributed by atoms with Crippen molar-refractivity contribution in [3.8, 4) is 0 Å². The Morgan fingerprint density at radius 2 is 0.956 bits per heavy atom. The average molecular weight is 686 g/mol. The Labute approximate surface area is 271 Å². The highest BCUT2D eigenvalue weighted by Gasteiger charge is 2.44. The van der Waals surface area contributed by atoms with Crippen molar-refractivity contribution in [3.63, 3.8) is 0 Å². The molecule has 2 aliphatic rings. The Hall–Kier alpha value is -1.45. The number of urea groups is 1. The first kappa shape index (κ1) is 39.7. The number of nitrogens with zero attached hydrogens (tertiary/aromatic N) is 1. The summed E-state index contributed by atoms with van der Waals surface area (Å²) in [6, 6.07) is -0.349. The van der Waals surface area contributed by atoms with Crippen molar-refractivity contribution in [1.29, 1.82) is 0 Å². The van der Waals surface area contributed by atoms with Gasteiger partial charge in [-0.05, 0) is 20.8 Å². The summed E-state index contributed by atoms with van der Waals surface area (Å²) in [5.74, 6) is -0.806. The standard InChI is InChI=1S/C27H51N5O11S2/c1-27(2,3)31-26(43)30-6-9-32(7-4-28-18(35)10-14-20(37)24(41)22(39)16(12-33)44-14)8-5-29-19(36)11-15-21(38)25(42)23(40)17(13-34)45-15/h14-17,20-25,33-34,37-42H,4-13H2,1-3H3,(H,28,35)(H,29,36)(H2,30,31,43)/t14-,15-,16+,17+,20+,21+,22+,23+,24-,25-/m1/s1. The number of amides is 4. The molecular weight excluding hydrogens is 634 g/mol. The van der Waals surface area contributed by atoms with Crippen molar-refractivity contribution in [1.82, 2.24) is 26.2 Å². The molecule has 0 aromatic carbocycles. The number of carbonyl (C=O) groups is 3. The summed E-state index contributed by atoms with van der Waals surface area (Å²) in [6.45, 7) is 6.40. The number of thioether (sulfide) groups is 2. The SMILES string of the molecule is CC(C)(C)NC(=O)NCCN(CCNC(=O)C[C@H]1S[C@@H](CO)[C@H](O)[C@H](O)[C@H]1O)CCNC(=O)C[C@H]1S[C@@H](CO)[C@H](O)[C@H](O)[C@H]1O. The van der Waals surface area contributed by atoms with E-state index in [9.17, 15) is 55.2 Å². The van der Waals surface area contributed by atoms with Crippen molar-refractivity contribution in [2.75, 3.05) is 52.5 Å². The van der Waals surface area contributed by atoms with E-state index in [-0.39, 0.29) is 38.5 Å². The summed E-state index contributed by atoms with van der Waals surface area (Å²) in [5, 5.41) is 87.7. The highest BCUT2D eigenvalue weighted by atomic mass is 32.2. The zero-order chi connectivity index (χ0) is 33.9. The molecule has 2 rings (SSSR count). The van der Waals surface area contributed by atoms with Gasteiger partial charge in [0.25, 0.3) is 0 Å². The Bertz CT molecular complexity index is 889. The third-order valence-corrected chi connectivity index (χ3v) is 10.6. The van der Waals surface area contributed by atoms with E-state index in [1.807, 2.05) is 25.7 Å². The number of hydrogen-bond acceptors (Lipinski definition) is 14. The van der Waals surface area contributed by atoms with Gasteiger partial charge >= 0.3 is 6.03 Å². The first-order chi connectivity index (χ1) is 21.1. The average Bonchev–Trinajstić information content (AvgIpc) is 2.96. The van der Waals surface area contributed by atoms with Crippen LogP contribution in [-0.4, -0.2) is 179 Å². The molecular formula is C27H51N5O11S2. The van der Waals surface area contributed by atoms with Crippen LogP contribution in [0.5, 0.6) is 0 Å². The zero-order valence-electron chi connectivity index (χ0n) is 25.9. The number of aliphatic hydroxyl groups excluding tert-OH is 8. The Morgan fingerprint density at radius 1 is 0.600 bits per heavy atom. The molecule has 4 amide bonds. The van der Waals surface area contributed by atoms with Crippen molar-refractivity contribution < 1.29 is 55.2 Å². The molecule has 16 nitrogen and oxygen atoms in total. The summed E-state index contributed by atoms with van der Waals surface area (Å²) < 4.78 is 0. The van der Waals surface area contributed by atoms with Gasteiger partial charge in [-0.2, -0.15) is 0 Å². The Kier molecular flexibility index (Phi) is 16.6. The Balaban J connectivity index is 1.87. The molecule has 0 aromatic rings. The van der Waals surface area contributed by atoms with Crippen molar-refractivity contribution in [2.45, 2.75) is 96.8 Å². The molecule has 18 heteroatoms. The van der Waals surface area contributed by atoms with Crippen molar-refractivity contribution in [3.05, 3.63) is 0 Å². The third-order valence-electron chi connectivity index (χ3n) is 7.46. The van der Waals surface area contributed by atoms with Crippen LogP contribution in [0.25, 0.3) is 0 Å². The van der Waals surface area contributed by atoms with Gasteiger partial charge in [0.2, 0.25) is 11.8 Å². The smallest absolute Gasteiger partial charge is 0.315 e. The number of nitrogens with one attached hydrogen (secondary N) is 4. The normalized spacial score (nSPS) is 32.2. The largest absolute Gasteiger partial charge is 0.395 e. The summed E-state index contributed by atoms with van der Waals surface area (Å²) in [4.78, 5) is 39.3. The highest BCUT2D eigenvalue weighted by Crippen LogP contribution is 2.35. The molecule has 10 atom stereocenters. The molecule has 0 saturated carbocycles. The monoisotopic (exact) mass is 685 g/mol. The molecule has 2 aliphatic heterocycles. The molecule has 2 saturated heterocycles. The van der Waals surface area contributed by atoms with Crippen LogP contribution in [0.3, 0.4) is 0 Å². The van der Waals surface area contributed by atoms with E-state index in [0.29, 0.717) is 19.6 Å². The lowest BCUT2D eigenvalue weighted by atomic mass is 9.99. The molecule has 0 bridgehead atoms. The van der Waals surface area contributed by atoms with Crippen LogP contribution >= 0.6 is 23.5 Å². The maximum Gasteiger partial charge on any atom is 0.315 e. The lowest BCUT2D eigenvalue weighted by Crippen LogP contribution is -2.55. The van der Waals surface area contributed by atoms with Crippen LogP contribution in [0.2, 0.25) is 0 Å². The Morgan fingerprint density at radius 3 is 1.31 bits per heavy atom. The van der Waals surface area contributed by atoms with Crippen LogP contribution in [0, 0.1) is 0 Å². The summed E-state index contributed by atoms with van der Waals surface area (Å²) in [5.41, 5.74) is -0.427. The summed E-state index contributed by atoms with van der Waals surface area (Å²) in [6.07, 6.45) is -8.59. The second-order valence-corrected chi connectivity index (χ2v) is 15.3. The molecule has 0 spiro atoms. The van der Waals surface area contributed by atoms with Gasteiger partial charge in [0.15, 0.2) is 0 Å². The van der Waals surface area contributed by atoms with Crippen LogP contribution in [0.15, 0.2) is 0 Å². The van der Waals surface area contributed by atoms with Gasteiger partial charge in [-0.3, -0.25) is 14.5 Å². The molecule has 0 radical (unpaired) electrons. The third kappa shape index (κ3) is 12.9. The molecule has 2 fully saturated rings. The van der Waals surface area contributed by atoms with Gasteiger partial charge in [0, 0.05) is 68.1 Å².